The van der Waals surface area contributed by atoms with Crippen LogP contribution in [0.1, 0.15) is 37.9 Å². The minimum absolute atomic E-state index is 0.342. The van der Waals surface area contributed by atoms with Crippen LogP contribution in [-0.4, -0.2) is 21.3 Å². The van der Waals surface area contributed by atoms with Gasteiger partial charge in [0.25, 0.3) is 0 Å². The molecule has 0 bridgehead atoms. The van der Waals surface area contributed by atoms with Gasteiger partial charge in [-0.25, -0.2) is 4.98 Å². The lowest BCUT2D eigenvalue weighted by Crippen LogP contribution is -2.17. The number of rotatable bonds is 5. The molecular formula is C13H22N2O. The normalized spacial score (nSPS) is 19.1. The van der Waals surface area contributed by atoms with E-state index in [9.17, 15) is 5.11 Å². The van der Waals surface area contributed by atoms with Crippen LogP contribution in [0.4, 0.5) is 0 Å². The maximum atomic E-state index is 9.46. The topological polar surface area (TPSA) is 38.0 Å². The van der Waals surface area contributed by atoms with Crippen LogP contribution in [-0.2, 0) is 13.5 Å². The summed E-state index contributed by atoms with van der Waals surface area (Å²) in [6.45, 7) is 0.342. The Bertz CT molecular complexity index is 315. The molecule has 90 valence electrons. The molecule has 0 spiro atoms. The van der Waals surface area contributed by atoms with Crippen molar-refractivity contribution in [3.63, 3.8) is 0 Å². The van der Waals surface area contributed by atoms with Crippen LogP contribution in [0, 0.1) is 11.8 Å². The predicted molar refractivity (Wildman–Crippen MR) is 64.1 cm³/mol. The number of nitrogens with zero attached hydrogens (tertiary/aromatic N) is 2. The molecule has 1 N–H and O–H groups in total. The Hall–Kier alpha value is -0.830. The number of aryl methyl sites for hydroxylation is 2. The SMILES string of the molecule is Cn1ccnc1CCC(CO)C1CCCC1. The molecule has 3 heteroatoms. The lowest BCUT2D eigenvalue weighted by molar-refractivity contribution is 0.167. The standard InChI is InChI=1S/C13H22N2O/c1-15-9-8-14-13(15)7-6-12(10-16)11-4-2-3-5-11/h8-9,11-12,16H,2-7,10H2,1H3. The van der Waals surface area contributed by atoms with Crippen LogP contribution in [0.25, 0.3) is 0 Å². The molecule has 16 heavy (non-hydrogen) atoms. The summed E-state index contributed by atoms with van der Waals surface area (Å²) in [7, 11) is 2.03. The summed E-state index contributed by atoms with van der Waals surface area (Å²) in [4.78, 5) is 4.33. The average molecular weight is 222 g/mol. The van der Waals surface area contributed by atoms with Gasteiger partial charge in [0.2, 0.25) is 0 Å². The molecule has 1 heterocycles. The predicted octanol–water partition coefficient (Wildman–Crippen LogP) is 2.15. The lowest BCUT2D eigenvalue weighted by atomic mass is 9.88. The number of hydrogen-bond donors (Lipinski definition) is 1. The Kier molecular flexibility index (Phi) is 3.99. The summed E-state index contributed by atoms with van der Waals surface area (Å²) in [6.07, 6.45) is 11.2. The van der Waals surface area contributed by atoms with E-state index in [4.69, 9.17) is 0 Å². The van der Waals surface area contributed by atoms with Gasteiger partial charge in [0.1, 0.15) is 5.82 Å². The van der Waals surface area contributed by atoms with E-state index < -0.39 is 0 Å². The van der Waals surface area contributed by atoms with Gasteiger partial charge in [-0.1, -0.05) is 25.7 Å². The summed E-state index contributed by atoms with van der Waals surface area (Å²) in [5.41, 5.74) is 0. The molecule has 1 aliphatic rings. The molecule has 0 saturated heterocycles. The molecule has 1 fully saturated rings. The molecule has 1 aromatic heterocycles. The zero-order valence-electron chi connectivity index (χ0n) is 10.1. The molecule has 0 radical (unpaired) electrons. The molecule has 2 rings (SSSR count). The molecule has 1 atom stereocenters. The van der Waals surface area contributed by atoms with Gasteiger partial charge in [-0.3, -0.25) is 0 Å². The van der Waals surface area contributed by atoms with Crippen LogP contribution in [0.3, 0.4) is 0 Å². The number of aliphatic hydroxyl groups excluding tert-OH is 1. The summed E-state index contributed by atoms with van der Waals surface area (Å²) in [6, 6.07) is 0. The minimum atomic E-state index is 0.342. The summed E-state index contributed by atoms with van der Waals surface area (Å²) >= 11 is 0. The third-order valence-electron chi connectivity index (χ3n) is 3.96. The first kappa shape index (κ1) is 11.6. The fourth-order valence-corrected chi connectivity index (χ4v) is 2.86. The highest BCUT2D eigenvalue weighted by Gasteiger charge is 2.24. The van der Waals surface area contributed by atoms with Crippen LogP contribution >= 0.6 is 0 Å². The van der Waals surface area contributed by atoms with Gasteiger partial charge >= 0.3 is 0 Å². The fourth-order valence-electron chi connectivity index (χ4n) is 2.86. The Morgan fingerprint density at radius 2 is 2.25 bits per heavy atom. The first-order valence-corrected chi connectivity index (χ1v) is 6.38. The molecular weight excluding hydrogens is 200 g/mol. The van der Waals surface area contributed by atoms with Crippen molar-refractivity contribution in [1.29, 1.82) is 0 Å². The van der Waals surface area contributed by atoms with E-state index in [0.717, 1.165) is 24.6 Å². The van der Waals surface area contributed by atoms with E-state index in [2.05, 4.69) is 9.55 Å². The minimum Gasteiger partial charge on any atom is -0.396 e. The van der Waals surface area contributed by atoms with Gasteiger partial charge in [-0.05, 0) is 18.3 Å². The van der Waals surface area contributed by atoms with Crippen LogP contribution in [0.15, 0.2) is 12.4 Å². The van der Waals surface area contributed by atoms with E-state index in [1.165, 1.54) is 25.7 Å². The zero-order valence-corrected chi connectivity index (χ0v) is 10.1. The third kappa shape index (κ3) is 2.64. The second kappa shape index (κ2) is 5.48. The van der Waals surface area contributed by atoms with Crippen LogP contribution in [0.5, 0.6) is 0 Å². The largest absolute Gasteiger partial charge is 0.396 e. The summed E-state index contributed by atoms with van der Waals surface area (Å²) < 4.78 is 2.07. The van der Waals surface area contributed by atoms with E-state index in [0.29, 0.717) is 12.5 Å². The Labute approximate surface area is 97.5 Å². The number of hydrogen-bond acceptors (Lipinski definition) is 2. The van der Waals surface area contributed by atoms with Crippen molar-refractivity contribution < 1.29 is 5.11 Å². The first-order valence-electron chi connectivity index (χ1n) is 6.38. The van der Waals surface area contributed by atoms with Crippen molar-refractivity contribution in [3.8, 4) is 0 Å². The number of imidazole rings is 1. The first-order chi connectivity index (χ1) is 7.81. The Morgan fingerprint density at radius 3 is 2.81 bits per heavy atom. The van der Waals surface area contributed by atoms with Gasteiger partial charge in [-0.15, -0.1) is 0 Å². The molecule has 1 aromatic rings. The van der Waals surface area contributed by atoms with Crippen molar-refractivity contribution in [2.45, 2.75) is 38.5 Å². The molecule has 0 aromatic carbocycles. The highest BCUT2D eigenvalue weighted by atomic mass is 16.3. The Morgan fingerprint density at radius 1 is 1.50 bits per heavy atom. The van der Waals surface area contributed by atoms with Gasteiger partial charge in [0, 0.05) is 32.5 Å². The van der Waals surface area contributed by atoms with Crippen LogP contribution < -0.4 is 0 Å². The monoisotopic (exact) mass is 222 g/mol. The molecule has 1 aliphatic carbocycles. The molecule has 0 amide bonds. The van der Waals surface area contributed by atoms with Crippen molar-refractivity contribution in [2.24, 2.45) is 18.9 Å². The van der Waals surface area contributed by atoms with Crippen molar-refractivity contribution in [1.82, 2.24) is 9.55 Å². The summed E-state index contributed by atoms with van der Waals surface area (Å²) in [5.74, 6) is 2.38. The number of aliphatic hydroxyl groups is 1. The molecule has 1 saturated carbocycles. The van der Waals surface area contributed by atoms with Gasteiger partial charge in [0.05, 0.1) is 0 Å². The second-order valence-electron chi connectivity index (χ2n) is 4.98. The maximum Gasteiger partial charge on any atom is 0.108 e. The average Bonchev–Trinajstić information content (AvgIpc) is 2.92. The zero-order chi connectivity index (χ0) is 11.4. The highest BCUT2D eigenvalue weighted by Crippen LogP contribution is 2.33. The highest BCUT2D eigenvalue weighted by molar-refractivity contribution is 4.92. The lowest BCUT2D eigenvalue weighted by Gasteiger charge is -2.20. The number of aromatic nitrogens is 2. The maximum absolute atomic E-state index is 9.46. The molecule has 3 nitrogen and oxygen atoms in total. The Balaban J connectivity index is 1.85. The third-order valence-corrected chi connectivity index (χ3v) is 3.96. The van der Waals surface area contributed by atoms with Crippen molar-refractivity contribution in [2.75, 3.05) is 6.61 Å². The van der Waals surface area contributed by atoms with Crippen LogP contribution in [0.2, 0.25) is 0 Å². The molecule has 0 aliphatic heterocycles. The second-order valence-corrected chi connectivity index (χ2v) is 4.98. The van der Waals surface area contributed by atoms with E-state index in [1.807, 2.05) is 19.4 Å². The fraction of sp³-hybridized carbons (Fsp3) is 0.769. The van der Waals surface area contributed by atoms with Crippen molar-refractivity contribution >= 4 is 0 Å². The van der Waals surface area contributed by atoms with E-state index >= 15 is 0 Å². The van der Waals surface area contributed by atoms with Gasteiger partial charge in [-0.2, -0.15) is 0 Å². The summed E-state index contributed by atoms with van der Waals surface area (Å²) in [5, 5.41) is 9.46. The molecule has 1 unspecified atom stereocenters. The van der Waals surface area contributed by atoms with Gasteiger partial charge in [0.15, 0.2) is 0 Å². The smallest absolute Gasteiger partial charge is 0.108 e. The quantitative estimate of drug-likeness (QED) is 0.829. The van der Waals surface area contributed by atoms with E-state index in [1.54, 1.807) is 0 Å². The van der Waals surface area contributed by atoms with Crippen molar-refractivity contribution in [3.05, 3.63) is 18.2 Å². The van der Waals surface area contributed by atoms with E-state index in [-0.39, 0.29) is 0 Å². The van der Waals surface area contributed by atoms with Gasteiger partial charge < -0.3 is 9.67 Å².